The molecular weight excluding hydrogens is 376 g/mol. The third-order valence-electron chi connectivity index (χ3n) is 5.20. The van der Waals surface area contributed by atoms with Gasteiger partial charge in [-0.15, -0.1) is 0 Å². The highest BCUT2D eigenvalue weighted by atomic mass is 16.5. The van der Waals surface area contributed by atoms with E-state index in [0.29, 0.717) is 32.4 Å². The van der Waals surface area contributed by atoms with Crippen LogP contribution in [-0.2, 0) is 16.0 Å². The van der Waals surface area contributed by atoms with Gasteiger partial charge in [-0.25, -0.2) is 0 Å². The maximum absolute atomic E-state index is 13.0. The third-order valence-corrected chi connectivity index (χ3v) is 5.20. The minimum Gasteiger partial charge on any atom is -0.494 e. The molecule has 0 aliphatic heterocycles. The van der Waals surface area contributed by atoms with Crippen LogP contribution in [0, 0.1) is 0 Å². The molecule has 0 bridgehead atoms. The van der Waals surface area contributed by atoms with Crippen molar-refractivity contribution < 1.29 is 14.3 Å². The van der Waals surface area contributed by atoms with Crippen molar-refractivity contribution in [3.8, 4) is 5.75 Å². The van der Waals surface area contributed by atoms with Crippen LogP contribution < -0.4 is 10.1 Å². The van der Waals surface area contributed by atoms with Crippen molar-refractivity contribution in [2.75, 3.05) is 13.2 Å². The van der Waals surface area contributed by atoms with Crippen LogP contribution in [0.25, 0.3) is 0 Å². The van der Waals surface area contributed by atoms with Gasteiger partial charge in [-0.3, -0.25) is 9.59 Å². The average Bonchev–Trinajstić information content (AvgIpc) is 2.78. The van der Waals surface area contributed by atoms with Gasteiger partial charge in [-0.05, 0) is 50.8 Å². The fourth-order valence-corrected chi connectivity index (χ4v) is 3.11. The maximum Gasteiger partial charge on any atom is 0.242 e. The number of nitrogens with zero attached hydrogens (tertiary/aromatic N) is 1. The van der Waals surface area contributed by atoms with E-state index in [1.807, 2.05) is 74.5 Å². The Morgan fingerprint density at radius 2 is 1.63 bits per heavy atom. The van der Waals surface area contributed by atoms with E-state index >= 15 is 0 Å². The smallest absolute Gasteiger partial charge is 0.242 e. The summed E-state index contributed by atoms with van der Waals surface area (Å²) in [5, 5.41) is 2.99. The largest absolute Gasteiger partial charge is 0.494 e. The minimum atomic E-state index is -0.509. The monoisotopic (exact) mass is 410 g/mol. The first-order valence-corrected chi connectivity index (χ1v) is 10.8. The minimum absolute atomic E-state index is 0.0191. The van der Waals surface area contributed by atoms with E-state index < -0.39 is 6.04 Å². The highest BCUT2D eigenvalue weighted by Gasteiger charge is 2.26. The van der Waals surface area contributed by atoms with Crippen molar-refractivity contribution in [3.05, 3.63) is 66.2 Å². The van der Waals surface area contributed by atoms with Crippen molar-refractivity contribution in [1.82, 2.24) is 10.2 Å². The third kappa shape index (κ3) is 7.90. The number of hydrogen-bond acceptors (Lipinski definition) is 3. The molecule has 0 aliphatic carbocycles. The van der Waals surface area contributed by atoms with Crippen LogP contribution in [0.15, 0.2) is 60.7 Å². The number of carbonyl (C=O) groups excluding carboxylic acids is 2. The van der Waals surface area contributed by atoms with E-state index in [9.17, 15) is 9.59 Å². The van der Waals surface area contributed by atoms with Crippen LogP contribution in [0.1, 0.15) is 45.6 Å². The summed E-state index contributed by atoms with van der Waals surface area (Å²) in [4.78, 5) is 27.3. The molecule has 2 aromatic rings. The summed E-state index contributed by atoms with van der Waals surface area (Å²) in [5.74, 6) is 0.674. The summed E-state index contributed by atoms with van der Waals surface area (Å²) in [6.45, 7) is 6.79. The summed E-state index contributed by atoms with van der Waals surface area (Å²) in [6.07, 6.45) is 2.53. The van der Waals surface area contributed by atoms with Crippen LogP contribution >= 0.6 is 0 Å². The predicted molar refractivity (Wildman–Crippen MR) is 120 cm³/mol. The Labute approximate surface area is 180 Å². The lowest BCUT2D eigenvalue weighted by Crippen LogP contribution is -2.50. The van der Waals surface area contributed by atoms with Gasteiger partial charge in [0.15, 0.2) is 0 Å². The Hall–Kier alpha value is -2.82. The average molecular weight is 411 g/mol. The van der Waals surface area contributed by atoms with Gasteiger partial charge in [-0.2, -0.15) is 0 Å². The summed E-state index contributed by atoms with van der Waals surface area (Å²) in [5.41, 5.74) is 1.15. The molecule has 0 saturated heterocycles. The number of benzene rings is 2. The molecule has 0 heterocycles. The lowest BCUT2D eigenvalue weighted by Gasteiger charge is -2.29. The Kier molecular flexibility index (Phi) is 9.92. The molecule has 2 amide bonds. The molecule has 1 N–H and O–H groups in total. The number of ether oxygens (including phenoxy) is 1. The van der Waals surface area contributed by atoms with E-state index in [1.54, 1.807) is 11.8 Å². The zero-order valence-electron chi connectivity index (χ0n) is 18.3. The fourth-order valence-electron chi connectivity index (χ4n) is 3.11. The van der Waals surface area contributed by atoms with Gasteiger partial charge in [0.05, 0.1) is 6.61 Å². The van der Waals surface area contributed by atoms with Crippen molar-refractivity contribution in [3.63, 3.8) is 0 Å². The number of amides is 2. The standard InChI is InChI=1S/C25H34N2O3/c1-4-20(2)26-25(29)21(3)27(18-17-22-12-7-5-8-13-22)24(28)16-11-19-30-23-14-9-6-10-15-23/h5-10,12-15,20-21H,4,11,16-19H2,1-3H3,(H,26,29)/t20-,21-/m1/s1. The van der Waals surface area contributed by atoms with Gasteiger partial charge >= 0.3 is 0 Å². The molecule has 2 atom stereocenters. The molecule has 2 rings (SSSR count). The normalized spacial score (nSPS) is 12.6. The molecule has 5 heteroatoms. The van der Waals surface area contributed by atoms with Gasteiger partial charge in [-0.1, -0.05) is 55.5 Å². The van der Waals surface area contributed by atoms with Crippen molar-refractivity contribution in [2.24, 2.45) is 0 Å². The fraction of sp³-hybridized carbons (Fsp3) is 0.440. The lowest BCUT2D eigenvalue weighted by molar-refractivity contribution is -0.140. The molecule has 5 nitrogen and oxygen atoms in total. The molecule has 2 aromatic carbocycles. The van der Waals surface area contributed by atoms with Gasteiger partial charge < -0.3 is 15.0 Å². The molecular formula is C25H34N2O3. The van der Waals surface area contributed by atoms with Crippen molar-refractivity contribution in [2.45, 2.75) is 58.5 Å². The number of carbonyl (C=O) groups is 2. The highest BCUT2D eigenvalue weighted by Crippen LogP contribution is 2.12. The van der Waals surface area contributed by atoms with E-state index in [4.69, 9.17) is 4.74 Å². The van der Waals surface area contributed by atoms with E-state index in [2.05, 4.69) is 5.32 Å². The summed E-state index contributed by atoms with van der Waals surface area (Å²) in [6, 6.07) is 19.2. The molecule has 0 spiro atoms. The summed E-state index contributed by atoms with van der Waals surface area (Å²) in [7, 11) is 0. The SMILES string of the molecule is CC[C@@H](C)NC(=O)[C@@H](C)N(CCc1ccccc1)C(=O)CCCOc1ccccc1. The first-order valence-electron chi connectivity index (χ1n) is 10.8. The highest BCUT2D eigenvalue weighted by molar-refractivity contribution is 5.87. The van der Waals surface area contributed by atoms with Crippen molar-refractivity contribution >= 4 is 11.8 Å². The zero-order valence-corrected chi connectivity index (χ0v) is 18.3. The Morgan fingerprint density at radius 1 is 1.00 bits per heavy atom. The lowest BCUT2D eigenvalue weighted by atomic mass is 10.1. The van der Waals surface area contributed by atoms with Gasteiger partial charge in [0.25, 0.3) is 0 Å². The zero-order chi connectivity index (χ0) is 21.8. The summed E-state index contributed by atoms with van der Waals surface area (Å²) < 4.78 is 5.69. The molecule has 162 valence electrons. The second kappa shape index (κ2) is 12.7. The Bertz CT molecular complexity index is 764. The predicted octanol–water partition coefficient (Wildman–Crippen LogP) is 4.22. The van der Waals surface area contributed by atoms with Crippen LogP contribution in [-0.4, -0.2) is 41.9 Å². The molecule has 0 saturated carbocycles. The number of nitrogens with one attached hydrogen (secondary N) is 1. The Balaban J connectivity index is 1.94. The molecule has 0 fully saturated rings. The Morgan fingerprint density at radius 3 is 2.27 bits per heavy atom. The molecule has 0 unspecified atom stereocenters. The van der Waals surface area contributed by atoms with Gasteiger partial charge in [0.1, 0.15) is 11.8 Å². The van der Waals surface area contributed by atoms with Crippen LogP contribution in [0.4, 0.5) is 0 Å². The van der Waals surface area contributed by atoms with Crippen LogP contribution in [0.3, 0.4) is 0 Å². The maximum atomic E-state index is 13.0. The first-order chi connectivity index (χ1) is 14.5. The molecule has 0 aromatic heterocycles. The van der Waals surface area contributed by atoms with Gasteiger partial charge in [0.2, 0.25) is 11.8 Å². The van der Waals surface area contributed by atoms with E-state index in [0.717, 1.165) is 17.7 Å². The molecule has 0 aliphatic rings. The molecule has 30 heavy (non-hydrogen) atoms. The van der Waals surface area contributed by atoms with Crippen LogP contribution in [0.2, 0.25) is 0 Å². The second-order valence-corrected chi connectivity index (χ2v) is 7.58. The van der Waals surface area contributed by atoms with Gasteiger partial charge in [0, 0.05) is 19.0 Å². The first kappa shape index (κ1) is 23.5. The second-order valence-electron chi connectivity index (χ2n) is 7.58. The molecule has 0 radical (unpaired) electrons. The van der Waals surface area contributed by atoms with Crippen molar-refractivity contribution in [1.29, 1.82) is 0 Å². The summed E-state index contributed by atoms with van der Waals surface area (Å²) >= 11 is 0. The van der Waals surface area contributed by atoms with E-state index in [1.165, 1.54) is 0 Å². The number of hydrogen-bond donors (Lipinski definition) is 1. The quantitative estimate of drug-likeness (QED) is 0.533. The van der Waals surface area contributed by atoms with Crippen LogP contribution in [0.5, 0.6) is 5.75 Å². The number of rotatable bonds is 12. The van der Waals surface area contributed by atoms with E-state index in [-0.39, 0.29) is 17.9 Å². The number of para-hydroxylation sites is 1. The topological polar surface area (TPSA) is 58.6 Å².